The quantitative estimate of drug-likeness (QED) is 0.526. The third kappa shape index (κ3) is 1.53. The Hall–Kier alpha value is -0.340. The van der Waals surface area contributed by atoms with E-state index in [1.165, 1.54) is 0 Å². The monoisotopic (exact) mass is 127 g/mol. The second kappa shape index (κ2) is 2.99. The predicted molar refractivity (Wildman–Crippen MR) is 37.1 cm³/mol. The van der Waals surface area contributed by atoms with Gasteiger partial charge in [-0.25, -0.2) is 0 Å². The lowest BCUT2D eigenvalue weighted by Gasteiger charge is -2.22. The number of hydrogen-bond donors (Lipinski definition) is 1. The Morgan fingerprint density at radius 1 is 1.67 bits per heavy atom. The van der Waals surface area contributed by atoms with Gasteiger partial charge in [0.05, 0.1) is 6.10 Å². The summed E-state index contributed by atoms with van der Waals surface area (Å²) in [6.07, 6.45) is 6.54. The zero-order valence-electron chi connectivity index (χ0n) is 5.71. The molecule has 0 saturated carbocycles. The molecule has 9 heavy (non-hydrogen) atoms. The highest BCUT2D eigenvalue weighted by Crippen LogP contribution is 2.11. The van der Waals surface area contributed by atoms with Crippen LogP contribution in [0, 0.1) is 0 Å². The summed E-state index contributed by atoms with van der Waals surface area (Å²) in [6.45, 7) is 0. The van der Waals surface area contributed by atoms with Crippen LogP contribution in [-0.2, 0) is 4.74 Å². The van der Waals surface area contributed by atoms with E-state index in [9.17, 15) is 0 Å². The number of rotatable bonds is 1. The summed E-state index contributed by atoms with van der Waals surface area (Å²) in [5, 5.41) is 0. The first-order valence-electron chi connectivity index (χ1n) is 3.29. The summed E-state index contributed by atoms with van der Waals surface area (Å²) in [7, 11) is 1.71. The van der Waals surface area contributed by atoms with E-state index in [1.807, 2.05) is 6.08 Å². The summed E-state index contributed by atoms with van der Waals surface area (Å²) >= 11 is 0. The summed E-state index contributed by atoms with van der Waals surface area (Å²) in [5.41, 5.74) is 5.68. The first-order valence-corrected chi connectivity index (χ1v) is 3.29. The van der Waals surface area contributed by atoms with Crippen molar-refractivity contribution in [1.82, 2.24) is 0 Å². The van der Waals surface area contributed by atoms with Crippen molar-refractivity contribution in [3.05, 3.63) is 12.2 Å². The molecule has 1 aliphatic carbocycles. The molecule has 0 aromatic rings. The highest BCUT2D eigenvalue weighted by Gasteiger charge is 2.15. The zero-order valence-corrected chi connectivity index (χ0v) is 5.71. The molecule has 0 radical (unpaired) electrons. The molecule has 0 unspecified atom stereocenters. The van der Waals surface area contributed by atoms with Gasteiger partial charge in [-0.3, -0.25) is 0 Å². The number of nitrogens with two attached hydrogens (primary N) is 1. The van der Waals surface area contributed by atoms with Gasteiger partial charge in [0.1, 0.15) is 0 Å². The minimum atomic E-state index is 0.115. The summed E-state index contributed by atoms with van der Waals surface area (Å²) in [5.74, 6) is 0. The number of hydrogen-bond acceptors (Lipinski definition) is 2. The molecule has 0 bridgehead atoms. The molecule has 0 aliphatic heterocycles. The SMILES string of the molecule is CO[C@@H]1CCC=C[C@H]1N. The molecule has 2 heteroatoms. The van der Waals surface area contributed by atoms with Crippen LogP contribution in [0.3, 0.4) is 0 Å². The van der Waals surface area contributed by atoms with Gasteiger partial charge in [0.15, 0.2) is 0 Å². The second-order valence-corrected chi connectivity index (χ2v) is 2.36. The van der Waals surface area contributed by atoms with Crippen molar-refractivity contribution < 1.29 is 4.74 Å². The third-order valence-electron chi connectivity index (χ3n) is 1.71. The largest absolute Gasteiger partial charge is 0.379 e. The molecule has 2 N–H and O–H groups in total. The van der Waals surface area contributed by atoms with Crippen LogP contribution >= 0.6 is 0 Å². The van der Waals surface area contributed by atoms with Crippen molar-refractivity contribution in [2.75, 3.05) is 7.11 Å². The Labute approximate surface area is 55.7 Å². The Morgan fingerprint density at radius 2 is 2.44 bits per heavy atom. The summed E-state index contributed by atoms with van der Waals surface area (Å²) in [4.78, 5) is 0. The average Bonchev–Trinajstić information content (AvgIpc) is 1.89. The van der Waals surface area contributed by atoms with E-state index in [0.717, 1.165) is 12.8 Å². The van der Waals surface area contributed by atoms with Gasteiger partial charge in [-0.1, -0.05) is 12.2 Å². The molecular formula is C7H13NO. The van der Waals surface area contributed by atoms with Gasteiger partial charge in [-0.15, -0.1) is 0 Å². The standard InChI is InChI=1S/C7H13NO/c1-9-7-5-3-2-4-6(7)8/h2,4,6-7H,3,5,8H2,1H3/t6-,7-/m1/s1. The molecule has 0 heterocycles. The van der Waals surface area contributed by atoms with Crippen molar-refractivity contribution in [1.29, 1.82) is 0 Å². The van der Waals surface area contributed by atoms with E-state index in [0.29, 0.717) is 0 Å². The van der Waals surface area contributed by atoms with Crippen LogP contribution in [0.4, 0.5) is 0 Å². The fourth-order valence-electron chi connectivity index (χ4n) is 1.11. The van der Waals surface area contributed by atoms with Gasteiger partial charge >= 0.3 is 0 Å². The fourth-order valence-corrected chi connectivity index (χ4v) is 1.11. The van der Waals surface area contributed by atoms with E-state index in [-0.39, 0.29) is 12.1 Å². The molecular weight excluding hydrogens is 114 g/mol. The molecule has 0 spiro atoms. The Morgan fingerprint density at radius 3 is 2.89 bits per heavy atom. The molecule has 0 amide bonds. The first kappa shape index (κ1) is 6.78. The Balaban J connectivity index is 2.44. The Kier molecular flexibility index (Phi) is 2.25. The van der Waals surface area contributed by atoms with Crippen LogP contribution in [0.15, 0.2) is 12.2 Å². The maximum absolute atomic E-state index is 5.68. The van der Waals surface area contributed by atoms with Gasteiger partial charge in [0.25, 0.3) is 0 Å². The van der Waals surface area contributed by atoms with Crippen molar-refractivity contribution in [2.24, 2.45) is 5.73 Å². The lowest BCUT2D eigenvalue weighted by molar-refractivity contribution is 0.0823. The van der Waals surface area contributed by atoms with Crippen LogP contribution in [-0.4, -0.2) is 19.3 Å². The normalized spacial score (nSPS) is 34.9. The zero-order chi connectivity index (χ0) is 6.69. The van der Waals surface area contributed by atoms with E-state index < -0.39 is 0 Å². The van der Waals surface area contributed by atoms with E-state index in [4.69, 9.17) is 10.5 Å². The summed E-state index contributed by atoms with van der Waals surface area (Å²) < 4.78 is 5.13. The number of methoxy groups -OCH3 is 1. The van der Waals surface area contributed by atoms with Crippen LogP contribution in [0.1, 0.15) is 12.8 Å². The van der Waals surface area contributed by atoms with Crippen molar-refractivity contribution in [3.8, 4) is 0 Å². The molecule has 0 aromatic carbocycles. The minimum Gasteiger partial charge on any atom is -0.379 e. The van der Waals surface area contributed by atoms with Crippen molar-refractivity contribution in [2.45, 2.75) is 25.0 Å². The van der Waals surface area contributed by atoms with Crippen LogP contribution in [0.25, 0.3) is 0 Å². The van der Waals surface area contributed by atoms with Gasteiger partial charge in [-0.2, -0.15) is 0 Å². The minimum absolute atomic E-state index is 0.115. The third-order valence-corrected chi connectivity index (χ3v) is 1.71. The molecule has 0 fully saturated rings. The lowest BCUT2D eigenvalue weighted by atomic mass is 10.0. The first-order chi connectivity index (χ1) is 4.34. The highest BCUT2D eigenvalue weighted by atomic mass is 16.5. The second-order valence-electron chi connectivity index (χ2n) is 2.36. The molecule has 0 aromatic heterocycles. The van der Waals surface area contributed by atoms with Gasteiger partial charge in [-0.05, 0) is 12.8 Å². The van der Waals surface area contributed by atoms with Crippen molar-refractivity contribution in [3.63, 3.8) is 0 Å². The van der Waals surface area contributed by atoms with Gasteiger partial charge < -0.3 is 10.5 Å². The molecule has 52 valence electrons. The van der Waals surface area contributed by atoms with Gasteiger partial charge in [0, 0.05) is 13.2 Å². The maximum atomic E-state index is 5.68. The van der Waals surface area contributed by atoms with Crippen LogP contribution < -0.4 is 5.73 Å². The average molecular weight is 127 g/mol. The molecule has 1 aliphatic rings. The molecule has 1 rings (SSSR count). The lowest BCUT2D eigenvalue weighted by Crippen LogP contribution is -2.35. The van der Waals surface area contributed by atoms with E-state index in [1.54, 1.807) is 7.11 Å². The summed E-state index contributed by atoms with van der Waals surface area (Å²) in [6, 6.07) is 0.115. The van der Waals surface area contributed by atoms with E-state index >= 15 is 0 Å². The molecule has 0 saturated heterocycles. The van der Waals surface area contributed by atoms with Crippen LogP contribution in [0.2, 0.25) is 0 Å². The predicted octanol–water partition coefficient (Wildman–Crippen LogP) is 0.679. The fraction of sp³-hybridized carbons (Fsp3) is 0.714. The molecule has 2 nitrogen and oxygen atoms in total. The van der Waals surface area contributed by atoms with Crippen LogP contribution in [0.5, 0.6) is 0 Å². The maximum Gasteiger partial charge on any atom is 0.0760 e. The topological polar surface area (TPSA) is 35.2 Å². The molecule has 2 atom stereocenters. The number of ether oxygens (including phenoxy) is 1. The van der Waals surface area contributed by atoms with Crippen molar-refractivity contribution >= 4 is 0 Å². The number of allylic oxidation sites excluding steroid dienone is 1. The van der Waals surface area contributed by atoms with E-state index in [2.05, 4.69) is 6.08 Å². The Bertz CT molecular complexity index is 111. The van der Waals surface area contributed by atoms with Gasteiger partial charge in [0.2, 0.25) is 0 Å². The smallest absolute Gasteiger partial charge is 0.0760 e. The highest BCUT2D eigenvalue weighted by molar-refractivity contribution is 5.00.